The standard InChI is InChI=1S/C18H19NO4/c1-19(21)15-7-4-13(5-8-15)6-9-18(20)14-10-16(22-2)12-17(11-14)23-3/h4,6-7,9-12H,1,5,8H2,2-3H3/b9-6+. The zero-order valence-corrected chi connectivity index (χ0v) is 13.2. The average molecular weight is 313 g/mol. The van der Waals surface area contributed by atoms with E-state index in [1.54, 1.807) is 30.4 Å². The number of rotatable bonds is 6. The third-order valence-corrected chi connectivity index (χ3v) is 3.56. The highest BCUT2D eigenvalue weighted by Crippen LogP contribution is 2.24. The third-order valence-electron chi connectivity index (χ3n) is 3.56. The van der Waals surface area contributed by atoms with Crippen LogP contribution in [0.5, 0.6) is 11.5 Å². The highest BCUT2D eigenvalue weighted by atomic mass is 16.5. The summed E-state index contributed by atoms with van der Waals surface area (Å²) in [6, 6.07) is 5.05. The molecule has 0 saturated heterocycles. The molecule has 1 aliphatic rings. The van der Waals surface area contributed by atoms with E-state index in [1.807, 2.05) is 6.08 Å². The molecule has 0 N–H and O–H groups in total. The van der Waals surface area contributed by atoms with Crippen molar-refractivity contribution in [2.75, 3.05) is 14.2 Å². The first-order chi connectivity index (χ1) is 11.0. The Balaban J connectivity index is 2.15. The van der Waals surface area contributed by atoms with Crippen LogP contribution >= 0.6 is 0 Å². The molecule has 23 heavy (non-hydrogen) atoms. The molecule has 0 bridgehead atoms. The van der Waals surface area contributed by atoms with E-state index in [4.69, 9.17) is 9.47 Å². The van der Waals surface area contributed by atoms with Crippen molar-refractivity contribution in [3.05, 3.63) is 64.5 Å². The van der Waals surface area contributed by atoms with Gasteiger partial charge in [0, 0.05) is 24.1 Å². The lowest BCUT2D eigenvalue weighted by Gasteiger charge is -2.10. The van der Waals surface area contributed by atoms with Gasteiger partial charge in [-0.15, -0.1) is 0 Å². The average Bonchev–Trinajstić information content (AvgIpc) is 2.59. The molecule has 2 rings (SSSR count). The second-order valence-electron chi connectivity index (χ2n) is 5.08. The van der Waals surface area contributed by atoms with Crippen LogP contribution in [0, 0.1) is 5.21 Å². The van der Waals surface area contributed by atoms with Crippen molar-refractivity contribution in [2.24, 2.45) is 0 Å². The van der Waals surface area contributed by atoms with Gasteiger partial charge in [0.1, 0.15) is 18.2 Å². The molecule has 5 nitrogen and oxygen atoms in total. The Bertz CT molecular complexity index is 691. The second kappa shape index (κ2) is 7.45. The second-order valence-corrected chi connectivity index (χ2v) is 5.08. The van der Waals surface area contributed by atoms with E-state index in [2.05, 4.69) is 6.72 Å². The predicted molar refractivity (Wildman–Crippen MR) is 89.2 cm³/mol. The quantitative estimate of drug-likeness (QED) is 0.202. The Morgan fingerprint density at radius 3 is 2.30 bits per heavy atom. The van der Waals surface area contributed by atoms with Gasteiger partial charge in [-0.2, -0.15) is 4.74 Å². The van der Waals surface area contributed by atoms with Crippen LogP contribution in [-0.2, 0) is 0 Å². The maximum Gasteiger partial charge on any atom is 0.192 e. The minimum atomic E-state index is -0.138. The van der Waals surface area contributed by atoms with E-state index in [0.29, 0.717) is 40.3 Å². The van der Waals surface area contributed by atoms with Crippen LogP contribution in [0.1, 0.15) is 23.2 Å². The van der Waals surface area contributed by atoms with E-state index in [1.165, 1.54) is 20.3 Å². The number of allylic oxidation sites excluding steroid dienone is 6. The Kier molecular flexibility index (Phi) is 5.36. The van der Waals surface area contributed by atoms with Crippen LogP contribution in [0.3, 0.4) is 0 Å². The number of hydrogen-bond donors (Lipinski definition) is 0. The molecule has 0 fully saturated rings. The molecule has 0 atom stereocenters. The molecular weight excluding hydrogens is 294 g/mol. The fourth-order valence-corrected chi connectivity index (χ4v) is 2.22. The zero-order chi connectivity index (χ0) is 16.8. The molecule has 5 heteroatoms. The molecule has 0 amide bonds. The topological polar surface area (TPSA) is 61.6 Å². The van der Waals surface area contributed by atoms with Gasteiger partial charge in [-0.05, 0) is 30.2 Å². The van der Waals surface area contributed by atoms with E-state index in [0.717, 1.165) is 5.57 Å². The molecule has 0 aliphatic heterocycles. The van der Waals surface area contributed by atoms with Crippen molar-refractivity contribution in [1.82, 2.24) is 0 Å². The summed E-state index contributed by atoms with van der Waals surface area (Å²) in [6.45, 7) is 3.32. The van der Waals surface area contributed by atoms with Crippen LogP contribution < -0.4 is 9.47 Å². The summed E-state index contributed by atoms with van der Waals surface area (Å²) in [5.74, 6) is 0.994. The molecule has 0 radical (unpaired) electrons. The molecule has 0 spiro atoms. The van der Waals surface area contributed by atoms with E-state index >= 15 is 0 Å². The lowest BCUT2D eigenvalue weighted by molar-refractivity contribution is -0.394. The van der Waals surface area contributed by atoms with Gasteiger partial charge in [-0.1, -0.05) is 12.2 Å². The largest absolute Gasteiger partial charge is 0.619 e. The number of carbonyl (C=O) groups is 1. The Morgan fingerprint density at radius 2 is 1.83 bits per heavy atom. The number of hydroxylamine groups is 1. The minimum absolute atomic E-state index is 0.138. The zero-order valence-electron chi connectivity index (χ0n) is 13.2. The Hall–Kier alpha value is -2.82. The first-order valence-electron chi connectivity index (χ1n) is 7.16. The summed E-state index contributed by atoms with van der Waals surface area (Å²) in [5.41, 5.74) is 2.11. The number of hydrogen-bond acceptors (Lipinski definition) is 4. The Morgan fingerprint density at radius 1 is 1.17 bits per heavy atom. The maximum atomic E-state index is 12.3. The van der Waals surface area contributed by atoms with Gasteiger partial charge in [-0.3, -0.25) is 4.79 Å². The highest BCUT2D eigenvalue weighted by molar-refractivity contribution is 6.05. The van der Waals surface area contributed by atoms with E-state index in [-0.39, 0.29) is 5.78 Å². The molecule has 120 valence electrons. The summed E-state index contributed by atoms with van der Waals surface area (Å²) in [7, 11) is 3.08. The van der Waals surface area contributed by atoms with Crippen molar-refractivity contribution < 1.29 is 19.0 Å². The highest BCUT2D eigenvalue weighted by Gasteiger charge is 2.11. The number of benzene rings is 1. The molecule has 0 heterocycles. The van der Waals surface area contributed by atoms with E-state index in [9.17, 15) is 10.0 Å². The van der Waals surface area contributed by atoms with Crippen molar-refractivity contribution in [2.45, 2.75) is 12.8 Å². The summed E-state index contributed by atoms with van der Waals surface area (Å²) >= 11 is 0. The number of nitrogens with zero attached hydrogens (tertiary/aromatic N) is 1. The van der Waals surface area contributed by atoms with Crippen LogP contribution in [0.15, 0.2) is 53.8 Å². The molecule has 1 aromatic carbocycles. The van der Waals surface area contributed by atoms with Crippen molar-refractivity contribution in [1.29, 1.82) is 0 Å². The van der Waals surface area contributed by atoms with Gasteiger partial charge in [-0.25, -0.2) is 0 Å². The smallest absolute Gasteiger partial charge is 0.192 e. The fourth-order valence-electron chi connectivity index (χ4n) is 2.22. The lowest BCUT2D eigenvalue weighted by atomic mass is 10.0. The van der Waals surface area contributed by atoms with Crippen molar-refractivity contribution >= 4 is 12.5 Å². The molecular formula is C18H19NO4. The van der Waals surface area contributed by atoms with Gasteiger partial charge in [0.15, 0.2) is 11.5 Å². The van der Waals surface area contributed by atoms with Gasteiger partial charge in [0.2, 0.25) is 0 Å². The monoisotopic (exact) mass is 313 g/mol. The van der Waals surface area contributed by atoms with Gasteiger partial charge >= 0.3 is 0 Å². The number of carbonyl (C=O) groups excluding carboxylic acids is 1. The summed E-state index contributed by atoms with van der Waals surface area (Å²) in [6.07, 6.45) is 8.14. The molecule has 0 unspecified atom stereocenters. The SMILES string of the molecule is C=[N+]([O-])C1=CC=C(/C=C/C(=O)c2cc(OC)cc(OC)c2)CC1. The van der Waals surface area contributed by atoms with Crippen LogP contribution in [-0.4, -0.2) is 31.5 Å². The van der Waals surface area contributed by atoms with Gasteiger partial charge < -0.3 is 14.7 Å². The van der Waals surface area contributed by atoms with Crippen LogP contribution in [0.25, 0.3) is 0 Å². The van der Waals surface area contributed by atoms with E-state index < -0.39 is 0 Å². The summed E-state index contributed by atoms with van der Waals surface area (Å²) in [4.78, 5) is 12.3. The number of ether oxygens (including phenoxy) is 2. The molecule has 1 aromatic rings. The summed E-state index contributed by atoms with van der Waals surface area (Å²) < 4.78 is 10.9. The fraction of sp³-hybridized carbons (Fsp3) is 0.222. The maximum absolute atomic E-state index is 12.3. The van der Waals surface area contributed by atoms with Crippen LogP contribution in [0.4, 0.5) is 0 Å². The van der Waals surface area contributed by atoms with Gasteiger partial charge in [0.05, 0.1) is 14.2 Å². The summed E-state index contributed by atoms with van der Waals surface area (Å²) in [5, 5.41) is 11.1. The van der Waals surface area contributed by atoms with Crippen molar-refractivity contribution in [3.63, 3.8) is 0 Å². The number of methoxy groups -OCH3 is 2. The number of ketones is 1. The van der Waals surface area contributed by atoms with Gasteiger partial charge in [0.25, 0.3) is 0 Å². The van der Waals surface area contributed by atoms with Crippen molar-refractivity contribution in [3.8, 4) is 11.5 Å². The van der Waals surface area contributed by atoms with Crippen LogP contribution in [0.2, 0.25) is 0 Å². The molecule has 0 saturated carbocycles. The lowest BCUT2D eigenvalue weighted by Crippen LogP contribution is -2.03. The minimum Gasteiger partial charge on any atom is -0.619 e. The molecule has 1 aliphatic carbocycles. The first kappa shape index (κ1) is 16.5. The molecule has 0 aromatic heterocycles. The Labute approximate surface area is 135 Å². The normalized spacial score (nSPS) is 14.2. The predicted octanol–water partition coefficient (Wildman–Crippen LogP) is 3.26. The third kappa shape index (κ3) is 4.32. The first-order valence-corrected chi connectivity index (χ1v) is 7.16.